The molecule has 0 bridgehead atoms. The summed E-state index contributed by atoms with van der Waals surface area (Å²) in [6.45, 7) is 2.68. The molecular formula is C18H21F2N3O4S. The first-order chi connectivity index (χ1) is 13.3. The van der Waals surface area contributed by atoms with E-state index in [0.717, 1.165) is 16.4 Å². The minimum absolute atomic E-state index is 0.0826. The van der Waals surface area contributed by atoms with Crippen molar-refractivity contribution in [1.82, 2.24) is 14.5 Å². The molecule has 7 nitrogen and oxygen atoms in total. The fraction of sp³-hybridized carbons (Fsp3) is 0.389. The van der Waals surface area contributed by atoms with E-state index >= 15 is 0 Å². The predicted molar refractivity (Wildman–Crippen MR) is 96.8 cm³/mol. The lowest BCUT2D eigenvalue weighted by Gasteiger charge is -2.33. The first-order valence-corrected chi connectivity index (χ1v) is 10.2. The van der Waals surface area contributed by atoms with Gasteiger partial charge in [-0.2, -0.15) is 4.31 Å². The fourth-order valence-corrected chi connectivity index (χ4v) is 4.54. The van der Waals surface area contributed by atoms with Crippen LogP contribution < -0.4 is 5.32 Å². The number of halogens is 2. The molecular weight excluding hydrogens is 392 g/mol. The Balaban J connectivity index is 1.55. The zero-order valence-electron chi connectivity index (χ0n) is 15.3. The van der Waals surface area contributed by atoms with E-state index < -0.39 is 26.6 Å². The van der Waals surface area contributed by atoms with Crippen LogP contribution >= 0.6 is 0 Å². The van der Waals surface area contributed by atoms with E-state index in [4.69, 9.17) is 4.42 Å². The summed E-state index contributed by atoms with van der Waals surface area (Å²) >= 11 is 0. The van der Waals surface area contributed by atoms with Crippen molar-refractivity contribution < 1.29 is 26.4 Å². The molecule has 1 fully saturated rings. The third-order valence-corrected chi connectivity index (χ3v) is 6.47. The van der Waals surface area contributed by atoms with Crippen LogP contribution in [-0.4, -0.2) is 56.3 Å². The summed E-state index contributed by atoms with van der Waals surface area (Å²) in [5.41, 5.74) is 0. The molecule has 28 heavy (non-hydrogen) atoms. The number of piperazine rings is 1. The number of nitrogens with zero attached hydrogens (tertiary/aromatic N) is 2. The van der Waals surface area contributed by atoms with Crippen molar-refractivity contribution in [3.63, 3.8) is 0 Å². The molecule has 152 valence electrons. The number of carbonyl (C=O) groups is 1. The van der Waals surface area contributed by atoms with Crippen LogP contribution in [0.3, 0.4) is 0 Å². The van der Waals surface area contributed by atoms with Gasteiger partial charge in [0.1, 0.15) is 22.3 Å². The van der Waals surface area contributed by atoms with Gasteiger partial charge in [0.15, 0.2) is 0 Å². The Kier molecular flexibility index (Phi) is 6.11. The number of hydrogen-bond donors (Lipinski definition) is 1. The summed E-state index contributed by atoms with van der Waals surface area (Å²) in [6, 6.07) is 5.57. The molecule has 2 aromatic rings. The molecule has 1 aromatic heterocycles. The number of rotatable bonds is 6. The maximum atomic E-state index is 13.9. The molecule has 0 spiro atoms. The molecule has 3 rings (SSSR count). The van der Waals surface area contributed by atoms with Gasteiger partial charge in [0, 0.05) is 26.2 Å². The molecule has 0 unspecified atom stereocenters. The quantitative estimate of drug-likeness (QED) is 0.780. The van der Waals surface area contributed by atoms with Crippen LogP contribution in [0.1, 0.15) is 18.7 Å². The van der Waals surface area contributed by atoms with Gasteiger partial charge in [-0.15, -0.1) is 0 Å². The highest BCUT2D eigenvalue weighted by molar-refractivity contribution is 7.89. The summed E-state index contributed by atoms with van der Waals surface area (Å²) in [5.74, 6) is -1.38. The molecule has 1 aromatic carbocycles. The Hall–Kier alpha value is -2.30. The smallest absolute Gasteiger partial charge is 0.246 e. The van der Waals surface area contributed by atoms with Gasteiger partial charge in [0.05, 0.1) is 18.8 Å². The SMILES string of the molecule is C[C@@H](NC(=O)CN1CCN(S(=O)(=O)c2cc(F)ccc2F)CC1)c1ccco1. The zero-order chi connectivity index (χ0) is 20.3. The van der Waals surface area contributed by atoms with Crippen LogP contribution in [0.15, 0.2) is 45.9 Å². The van der Waals surface area contributed by atoms with Crippen LogP contribution in [0.25, 0.3) is 0 Å². The second-order valence-corrected chi connectivity index (χ2v) is 8.47. The Bertz CT molecular complexity index is 926. The number of hydrogen-bond acceptors (Lipinski definition) is 5. The van der Waals surface area contributed by atoms with Crippen molar-refractivity contribution in [2.45, 2.75) is 17.9 Å². The Morgan fingerprint density at radius 3 is 2.57 bits per heavy atom. The second kappa shape index (κ2) is 8.38. The lowest BCUT2D eigenvalue weighted by Crippen LogP contribution is -2.51. The van der Waals surface area contributed by atoms with Gasteiger partial charge in [-0.3, -0.25) is 9.69 Å². The maximum absolute atomic E-state index is 13.9. The number of sulfonamides is 1. The number of nitrogens with one attached hydrogen (secondary N) is 1. The first kappa shape index (κ1) is 20.4. The molecule has 0 saturated carbocycles. The average Bonchev–Trinajstić information content (AvgIpc) is 3.19. The van der Waals surface area contributed by atoms with E-state index in [-0.39, 0.29) is 31.6 Å². The monoisotopic (exact) mass is 413 g/mol. The summed E-state index contributed by atoms with van der Waals surface area (Å²) in [5, 5.41) is 2.81. The molecule has 2 heterocycles. The van der Waals surface area contributed by atoms with Gasteiger partial charge in [0.2, 0.25) is 15.9 Å². The van der Waals surface area contributed by atoms with Crippen molar-refractivity contribution in [2.75, 3.05) is 32.7 Å². The van der Waals surface area contributed by atoms with E-state index in [9.17, 15) is 22.0 Å². The number of carbonyl (C=O) groups excluding carboxylic acids is 1. The molecule has 0 radical (unpaired) electrons. The molecule has 1 atom stereocenters. The van der Waals surface area contributed by atoms with Crippen molar-refractivity contribution in [1.29, 1.82) is 0 Å². The highest BCUT2D eigenvalue weighted by Crippen LogP contribution is 2.21. The Morgan fingerprint density at radius 1 is 1.21 bits per heavy atom. The van der Waals surface area contributed by atoms with Gasteiger partial charge < -0.3 is 9.73 Å². The molecule has 1 amide bonds. The lowest BCUT2D eigenvalue weighted by atomic mass is 10.2. The Morgan fingerprint density at radius 2 is 1.93 bits per heavy atom. The van der Waals surface area contributed by atoms with Gasteiger partial charge in [-0.1, -0.05) is 0 Å². The van der Waals surface area contributed by atoms with E-state index in [2.05, 4.69) is 5.32 Å². The molecule has 1 aliphatic rings. The van der Waals surface area contributed by atoms with E-state index in [1.807, 2.05) is 0 Å². The standard InChI is InChI=1S/C18H21F2N3O4S/c1-13(16-3-2-10-27-16)21-18(24)12-22-6-8-23(9-7-22)28(25,26)17-11-14(19)4-5-15(17)20/h2-5,10-11,13H,6-9,12H2,1H3,(H,21,24)/t13-/m1/s1. The molecule has 0 aliphatic carbocycles. The first-order valence-electron chi connectivity index (χ1n) is 8.77. The van der Waals surface area contributed by atoms with E-state index in [1.165, 1.54) is 6.26 Å². The topological polar surface area (TPSA) is 82.9 Å². The predicted octanol–water partition coefficient (Wildman–Crippen LogP) is 1.74. The third kappa shape index (κ3) is 4.57. The van der Waals surface area contributed by atoms with Gasteiger partial charge in [0.25, 0.3) is 0 Å². The van der Waals surface area contributed by atoms with E-state index in [1.54, 1.807) is 24.0 Å². The second-order valence-electron chi connectivity index (χ2n) is 6.56. The van der Waals surface area contributed by atoms with Crippen LogP contribution in [0.2, 0.25) is 0 Å². The molecule has 1 aliphatic heterocycles. The van der Waals surface area contributed by atoms with Gasteiger partial charge >= 0.3 is 0 Å². The lowest BCUT2D eigenvalue weighted by molar-refractivity contribution is -0.123. The summed E-state index contributed by atoms with van der Waals surface area (Å²) in [7, 11) is -4.14. The Labute approximate surface area is 162 Å². The van der Waals surface area contributed by atoms with Crippen molar-refractivity contribution >= 4 is 15.9 Å². The van der Waals surface area contributed by atoms with Gasteiger partial charge in [-0.05, 0) is 37.3 Å². The summed E-state index contributed by atoms with van der Waals surface area (Å²) in [6.07, 6.45) is 1.53. The number of amides is 1. The molecule has 1 N–H and O–H groups in total. The fourth-order valence-electron chi connectivity index (χ4n) is 3.04. The number of furan rings is 1. The average molecular weight is 413 g/mol. The number of benzene rings is 1. The van der Waals surface area contributed by atoms with Crippen molar-refractivity contribution in [3.05, 3.63) is 54.0 Å². The summed E-state index contributed by atoms with van der Waals surface area (Å²) < 4.78 is 58.7. The highest BCUT2D eigenvalue weighted by atomic mass is 32.2. The zero-order valence-corrected chi connectivity index (χ0v) is 16.1. The van der Waals surface area contributed by atoms with Crippen LogP contribution in [-0.2, 0) is 14.8 Å². The van der Waals surface area contributed by atoms with Crippen molar-refractivity contribution in [3.8, 4) is 0 Å². The van der Waals surface area contributed by atoms with Gasteiger partial charge in [-0.25, -0.2) is 17.2 Å². The molecule has 10 heteroatoms. The molecule has 1 saturated heterocycles. The minimum Gasteiger partial charge on any atom is -0.467 e. The minimum atomic E-state index is -4.14. The third-order valence-electron chi connectivity index (χ3n) is 4.56. The van der Waals surface area contributed by atoms with Crippen molar-refractivity contribution in [2.24, 2.45) is 0 Å². The van der Waals surface area contributed by atoms with E-state index in [0.29, 0.717) is 24.9 Å². The van der Waals surface area contributed by atoms with Crippen LogP contribution in [0.5, 0.6) is 0 Å². The summed E-state index contributed by atoms with van der Waals surface area (Å²) in [4.78, 5) is 13.3. The maximum Gasteiger partial charge on any atom is 0.246 e. The van der Waals surface area contributed by atoms with Crippen LogP contribution in [0, 0.1) is 11.6 Å². The normalized spacial score (nSPS) is 17.4. The largest absolute Gasteiger partial charge is 0.467 e. The van der Waals surface area contributed by atoms with Crippen LogP contribution in [0.4, 0.5) is 8.78 Å². The highest BCUT2D eigenvalue weighted by Gasteiger charge is 2.31.